The number of allylic oxidation sites excluding steroid dienone is 4. The number of carbonyl (C=O) groups excluding carboxylic acids is 1. The maximum Gasteiger partial charge on any atom is 0.305 e. The van der Waals surface area contributed by atoms with Gasteiger partial charge in [-0.3, -0.25) is 8.98 Å². The molecule has 1 aromatic rings. The second-order valence-corrected chi connectivity index (χ2v) is 16.8. The number of rotatable bonds is 18. The van der Waals surface area contributed by atoms with Gasteiger partial charge in [0.15, 0.2) is 12.6 Å². The molecule has 2 saturated heterocycles. The van der Waals surface area contributed by atoms with E-state index in [1.807, 2.05) is 6.92 Å². The molecule has 1 saturated carbocycles. The number of aryl methyl sites for hydroxylation is 1. The fraction of sp³-hybridized carbons (Fsp3) is 0.683. The summed E-state index contributed by atoms with van der Waals surface area (Å²) < 4.78 is 63.8. The molecule has 1 aliphatic carbocycles. The monoisotopic (exact) mass is 730 g/mol. The van der Waals surface area contributed by atoms with Crippen LogP contribution in [0.5, 0.6) is 0 Å². The molecule has 0 bridgehead atoms. The lowest BCUT2D eigenvalue weighted by molar-refractivity contribution is -0.197. The Kier molecular flexibility index (Phi) is 16.4. The Labute approximate surface area is 307 Å². The normalized spacial score (nSPS) is 26.8. The van der Waals surface area contributed by atoms with Crippen LogP contribution < -0.4 is 0 Å². The minimum atomic E-state index is -4.05. The van der Waals surface area contributed by atoms with E-state index in [4.69, 9.17) is 27.9 Å². The fourth-order valence-corrected chi connectivity index (χ4v) is 8.10. The standard InChI is InChI=1S/C41H62O9S/c1-30(2)25-26-41(4,5)37(49-40-18-12-14-28-47-40)24-23-34-33(15-9-7-8-10-16-38(42)45-6)36(29-35(34)48-39-17-11-13-27-46-39)50-51(43,44)32-21-19-31(3)20-22-32/h7,9,19-25,33-37,39-40H,8,10-18,26-29H2,1-6H3/b9-7-,24-23+/t33-,34-,35-,36-,37+,39?,40?/m1/s1. The molecule has 9 nitrogen and oxygen atoms in total. The summed E-state index contributed by atoms with van der Waals surface area (Å²) in [6, 6.07) is 6.76. The lowest BCUT2D eigenvalue weighted by atomic mass is 9.81. The Morgan fingerprint density at radius 1 is 0.980 bits per heavy atom. The molecule has 2 aliphatic heterocycles. The quantitative estimate of drug-likeness (QED) is 0.0634. The Bertz CT molecular complexity index is 1400. The van der Waals surface area contributed by atoms with Gasteiger partial charge in [0, 0.05) is 32.0 Å². The van der Waals surface area contributed by atoms with Crippen LogP contribution in [-0.4, -0.2) is 65.6 Å². The van der Waals surface area contributed by atoms with Crippen molar-refractivity contribution in [3.05, 3.63) is 65.8 Å². The Morgan fingerprint density at radius 2 is 1.67 bits per heavy atom. The first kappa shape index (κ1) is 41.4. The van der Waals surface area contributed by atoms with Crippen molar-refractivity contribution < 1.29 is 41.1 Å². The first-order valence-electron chi connectivity index (χ1n) is 19.0. The van der Waals surface area contributed by atoms with Crippen LogP contribution >= 0.6 is 0 Å². The van der Waals surface area contributed by atoms with Gasteiger partial charge in [-0.05, 0) is 108 Å². The average Bonchev–Trinajstić information content (AvgIpc) is 3.41. The molecule has 2 unspecified atom stereocenters. The van der Waals surface area contributed by atoms with Gasteiger partial charge >= 0.3 is 5.97 Å². The van der Waals surface area contributed by atoms with Crippen LogP contribution in [0.25, 0.3) is 0 Å². The lowest BCUT2D eigenvalue weighted by Gasteiger charge is -2.36. The zero-order valence-corrected chi connectivity index (χ0v) is 32.5. The summed E-state index contributed by atoms with van der Waals surface area (Å²) in [5.74, 6) is -0.613. The summed E-state index contributed by atoms with van der Waals surface area (Å²) >= 11 is 0. The highest BCUT2D eigenvalue weighted by Crippen LogP contribution is 2.43. The lowest BCUT2D eigenvalue weighted by Crippen LogP contribution is -2.36. The van der Waals surface area contributed by atoms with Crippen LogP contribution in [-0.2, 0) is 42.8 Å². The number of methoxy groups -OCH3 is 1. The Morgan fingerprint density at radius 3 is 2.29 bits per heavy atom. The van der Waals surface area contributed by atoms with Gasteiger partial charge in [0.2, 0.25) is 0 Å². The van der Waals surface area contributed by atoms with E-state index < -0.39 is 16.2 Å². The molecule has 51 heavy (non-hydrogen) atoms. The van der Waals surface area contributed by atoms with Crippen LogP contribution in [0, 0.1) is 24.2 Å². The molecule has 0 aromatic heterocycles. The van der Waals surface area contributed by atoms with Gasteiger partial charge in [-0.2, -0.15) is 8.42 Å². The Balaban J connectivity index is 1.66. The third-order valence-electron chi connectivity index (χ3n) is 10.2. The van der Waals surface area contributed by atoms with Crippen LogP contribution in [0.3, 0.4) is 0 Å². The maximum atomic E-state index is 13.7. The summed E-state index contributed by atoms with van der Waals surface area (Å²) in [5.41, 5.74) is 1.99. The van der Waals surface area contributed by atoms with E-state index in [2.05, 4.69) is 58.1 Å². The zero-order chi connectivity index (χ0) is 36.9. The van der Waals surface area contributed by atoms with Gasteiger partial charge in [0.05, 0.1) is 30.3 Å². The molecular formula is C41H62O9S. The second kappa shape index (κ2) is 20.2. The van der Waals surface area contributed by atoms with Gasteiger partial charge in [-0.1, -0.05) is 67.5 Å². The van der Waals surface area contributed by atoms with Crippen molar-refractivity contribution in [2.75, 3.05) is 20.3 Å². The fourth-order valence-electron chi connectivity index (χ4n) is 6.98. The molecule has 286 valence electrons. The highest BCUT2D eigenvalue weighted by Gasteiger charge is 2.46. The number of hydrogen-bond donors (Lipinski definition) is 0. The first-order valence-corrected chi connectivity index (χ1v) is 20.4. The number of ether oxygens (including phenoxy) is 5. The van der Waals surface area contributed by atoms with Crippen molar-refractivity contribution in [2.45, 2.75) is 147 Å². The molecule has 10 heteroatoms. The van der Waals surface area contributed by atoms with Crippen molar-refractivity contribution in [2.24, 2.45) is 17.3 Å². The predicted octanol–water partition coefficient (Wildman–Crippen LogP) is 8.76. The summed E-state index contributed by atoms with van der Waals surface area (Å²) in [4.78, 5) is 11.8. The molecule has 1 aromatic carbocycles. The van der Waals surface area contributed by atoms with Crippen molar-refractivity contribution >= 4 is 16.1 Å². The van der Waals surface area contributed by atoms with Crippen LogP contribution in [0.1, 0.15) is 110 Å². The van der Waals surface area contributed by atoms with Crippen molar-refractivity contribution in [3.8, 4) is 0 Å². The number of esters is 1. The van der Waals surface area contributed by atoms with E-state index in [9.17, 15) is 13.2 Å². The summed E-state index contributed by atoms with van der Waals surface area (Å²) in [5, 5.41) is 0. The number of unbranched alkanes of at least 4 members (excludes halogenated alkanes) is 1. The van der Waals surface area contributed by atoms with Gasteiger partial charge in [-0.25, -0.2) is 0 Å². The van der Waals surface area contributed by atoms with Gasteiger partial charge < -0.3 is 23.7 Å². The van der Waals surface area contributed by atoms with Crippen LogP contribution in [0.15, 0.2) is 65.1 Å². The minimum absolute atomic E-state index is 0.138. The highest BCUT2D eigenvalue weighted by molar-refractivity contribution is 7.86. The average molecular weight is 731 g/mol. The van der Waals surface area contributed by atoms with E-state index in [1.165, 1.54) is 12.7 Å². The van der Waals surface area contributed by atoms with E-state index >= 15 is 0 Å². The Hall–Kier alpha value is -2.34. The summed E-state index contributed by atoms with van der Waals surface area (Å²) in [6.45, 7) is 11.9. The molecule has 7 atom stereocenters. The van der Waals surface area contributed by atoms with Crippen LogP contribution in [0.2, 0.25) is 0 Å². The van der Waals surface area contributed by atoms with Gasteiger partial charge in [-0.15, -0.1) is 0 Å². The SMILES string of the molecule is COC(=O)CCC/C=C\C[C@@H]1[C@@H](/C=C/[C@H](OC2CCCCO2)C(C)(C)CC=C(C)C)[C@H](OC2CCCCO2)C[C@H]1OS(=O)(=O)c1ccc(C)cc1. The number of carbonyl (C=O) groups is 1. The minimum Gasteiger partial charge on any atom is -0.469 e. The van der Waals surface area contributed by atoms with Gasteiger partial charge in [0.1, 0.15) is 0 Å². The molecule has 3 fully saturated rings. The van der Waals surface area contributed by atoms with E-state index in [1.54, 1.807) is 24.3 Å². The van der Waals surface area contributed by atoms with Crippen molar-refractivity contribution in [3.63, 3.8) is 0 Å². The maximum absolute atomic E-state index is 13.7. The van der Waals surface area contributed by atoms with E-state index in [0.29, 0.717) is 45.3 Å². The number of benzene rings is 1. The highest BCUT2D eigenvalue weighted by atomic mass is 32.2. The molecule has 0 spiro atoms. The molecule has 3 aliphatic rings. The second-order valence-electron chi connectivity index (χ2n) is 15.2. The zero-order valence-electron chi connectivity index (χ0n) is 31.7. The molecule has 0 N–H and O–H groups in total. The van der Waals surface area contributed by atoms with E-state index in [-0.39, 0.29) is 52.9 Å². The molecule has 2 heterocycles. The third-order valence-corrected chi connectivity index (χ3v) is 11.5. The topological polar surface area (TPSA) is 107 Å². The smallest absolute Gasteiger partial charge is 0.305 e. The molecule has 0 radical (unpaired) electrons. The predicted molar refractivity (Wildman–Crippen MR) is 198 cm³/mol. The van der Waals surface area contributed by atoms with E-state index in [0.717, 1.165) is 50.5 Å². The molecule has 0 amide bonds. The summed E-state index contributed by atoms with van der Waals surface area (Å²) in [7, 11) is -2.65. The van der Waals surface area contributed by atoms with Gasteiger partial charge in [0.25, 0.3) is 10.1 Å². The molecule has 4 rings (SSSR count). The van der Waals surface area contributed by atoms with Crippen molar-refractivity contribution in [1.29, 1.82) is 0 Å². The molecular weight excluding hydrogens is 669 g/mol. The largest absolute Gasteiger partial charge is 0.469 e. The first-order chi connectivity index (χ1) is 24.4. The third kappa shape index (κ3) is 13.2. The number of hydrogen-bond acceptors (Lipinski definition) is 9. The summed E-state index contributed by atoms with van der Waals surface area (Å²) in [6.07, 6.45) is 18.2. The van der Waals surface area contributed by atoms with Crippen molar-refractivity contribution in [1.82, 2.24) is 0 Å². The van der Waals surface area contributed by atoms with Crippen LogP contribution in [0.4, 0.5) is 0 Å².